The number of benzene rings is 3. The maximum absolute atomic E-state index is 12.5. The minimum absolute atomic E-state index is 0.0177. The molecule has 0 saturated carbocycles. The second-order valence-electron chi connectivity index (χ2n) is 7.15. The highest BCUT2D eigenvalue weighted by molar-refractivity contribution is 7.92. The number of carbonyl (C=O) groups is 1. The van der Waals surface area contributed by atoms with Crippen LogP contribution in [0, 0.1) is 6.92 Å². The lowest BCUT2D eigenvalue weighted by atomic mass is 10.0. The van der Waals surface area contributed by atoms with Crippen LogP contribution in [0.4, 0.5) is 5.69 Å². The van der Waals surface area contributed by atoms with Crippen LogP contribution in [0.1, 0.15) is 11.1 Å². The van der Waals surface area contributed by atoms with Gasteiger partial charge in [-0.2, -0.15) is 0 Å². The molecule has 1 amide bonds. The van der Waals surface area contributed by atoms with E-state index in [1.165, 1.54) is 0 Å². The van der Waals surface area contributed by atoms with E-state index in [1.54, 1.807) is 48.3 Å². The van der Waals surface area contributed by atoms with Crippen LogP contribution >= 0.6 is 0 Å². The van der Waals surface area contributed by atoms with E-state index < -0.39 is 10.0 Å². The lowest BCUT2D eigenvalue weighted by Crippen LogP contribution is -2.32. The normalized spacial score (nSPS) is 11.2. The first-order valence-electron chi connectivity index (χ1n) is 9.51. The van der Waals surface area contributed by atoms with Crippen molar-refractivity contribution in [2.24, 2.45) is 5.73 Å². The molecule has 0 aliphatic carbocycles. The maximum atomic E-state index is 12.5. The van der Waals surface area contributed by atoms with Crippen molar-refractivity contribution in [3.8, 4) is 11.1 Å². The van der Waals surface area contributed by atoms with E-state index in [1.807, 2.05) is 43.3 Å². The van der Waals surface area contributed by atoms with Crippen molar-refractivity contribution in [1.82, 2.24) is 4.90 Å². The zero-order valence-corrected chi connectivity index (χ0v) is 17.8. The number of nitrogens with one attached hydrogen (secondary N) is 1. The van der Waals surface area contributed by atoms with Crippen molar-refractivity contribution >= 4 is 21.6 Å². The smallest absolute Gasteiger partial charge is 0.261 e. The predicted octanol–water partition coefficient (Wildman–Crippen LogP) is 3.38. The van der Waals surface area contributed by atoms with Gasteiger partial charge in [0.2, 0.25) is 5.91 Å². The van der Waals surface area contributed by atoms with Gasteiger partial charge in [-0.3, -0.25) is 9.52 Å². The molecule has 3 aromatic rings. The largest absolute Gasteiger partial charge is 0.340 e. The number of rotatable bonds is 7. The molecule has 0 spiro atoms. The topological polar surface area (TPSA) is 92.5 Å². The van der Waals surface area contributed by atoms with Gasteiger partial charge in [-0.1, -0.05) is 48.0 Å². The zero-order chi connectivity index (χ0) is 21.7. The Morgan fingerprint density at radius 2 is 1.63 bits per heavy atom. The molecule has 0 saturated heterocycles. The van der Waals surface area contributed by atoms with E-state index in [4.69, 9.17) is 5.73 Å². The molecule has 6 nitrogen and oxygen atoms in total. The number of amides is 1. The first kappa shape index (κ1) is 21.5. The van der Waals surface area contributed by atoms with Crippen LogP contribution in [-0.4, -0.2) is 32.8 Å². The van der Waals surface area contributed by atoms with Crippen molar-refractivity contribution in [2.75, 3.05) is 18.3 Å². The molecule has 30 heavy (non-hydrogen) atoms. The van der Waals surface area contributed by atoms with Gasteiger partial charge in [0.1, 0.15) is 0 Å². The van der Waals surface area contributed by atoms with Gasteiger partial charge >= 0.3 is 0 Å². The highest BCUT2D eigenvalue weighted by atomic mass is 32.2. The molecule has 0 radical (unpaired) electrons. The fourth-order valence-electron chi connectivity index (χ4n) is 3.03. The molecule has 3 rings (SSSR count). The zero-order valence-electron chi connectivity index (χ0n) is 17.0. The third kappa shape index (κ3) is 5.25. The van der Waals surface area contributed by atoms with Crippen molar-refractivity contribution < 1.29 is 13.2 Å². The molecule has 156 valence electrons. The average Bonchev–Trinajstić information content (AvgIpc) is 2.74. The highest BCUT2D eigenvalue weighted by Gasteiger charge is 2.14. The molecule has 0 bridgehead atoms. The monoisotopic (exact) mass is 423 g/mol. The number of carbonyl (C=O) groups excluding carboxylic acids is 1. The Hall–Kier alpha value is -3.16. The highest BCUT2D eigenvalue weighted by Crippen LogP contribution is 2.24. The van der Waals surface area contributed by atoms with Gasteiger partial charge in [0, 0.05) is 19.3 Å². The van der Waals surface area contributed by atoms with Crippen LogP contribution < -0.4 is 10.5 Å². The third-order valence-corrected chi connectivity index (χ3v) is 6.15. The molecule has 0 aliphatic heterocycles. The molecule has 7 heteroatoms. The van der Waals surface area contributed by atoms with Gasteiger partial charge in [0.15, 0.2) is 0 Å². The van der Waals surface area contributed by atoms with E-state index >= 15 is 0 Å². The van der Waals surface area contributed by atoms with E-state index in [0.29, 0.717) is 12.2 Å². The number of aryl methyl sites for hydroxylation is 1. The predicted molar refractivity (Wildman–Crippen MR) is 119 cm³/mol. The summed E-state index contributed by atoms with van der Waals surface area (Å²) in [6.45, 7) is 2.36. The van der Waals surface area contributed by atoms with Gasteiger partial charge in [0.25, 0.3) is 10.0 Å². The Kier molecular flexibility index (Phi) is 6.54. The Balaban J connectivity index is 1.75. The number of nitrogens with zero attached hydrogens (tertiary/aromatic N) is 1. The number of hydrogen-bond acceptors (Lipinski definition) is 4. The summed E-state index contributed by atoms with van der Waals surface area (Å²) < 4.78 is 27.7. The van der Waals surface area contributed by atoms with E-state index in [9.17, 15) is 13.2 Å². The lowest BCUT2D eigenvalue weighted by Gasteiger charge is -2.16. The van der Waals surface area contributed by atoms with Crippen LogP contribution in [0.3, 0.4) is 0 Å². The average molecular weight is 424 g/mol. The SMILES string of the molecule is Cc1ccc(S(=O)(=O)Nc2ccc(-c3cccc(CN(C)C(=O)CN)c3)cc2)cc1. The summed E-state index contributed by atoms with van der Waals surface area (Å²) in [4.78, 5) is 13.5. The molecule has 3 N–H and O–H groups in total. The maximum Gasteiger partial charge on any atom is 0.261 e. The first-order chi connectivity index (χ1) is 14.3. The summed E-state index contributed by atoms with van der Waals surface area (Å²) in [6.07, 6.45) is 0. The minimum Gasteiger partial charge on any atom is -0.340 e. The molecular formula is C23H25N3O3S. The van der Waals surface area contributed by atoms with Gasteiger partial charge in [-0.05, 0) is 53.9 Å². The second-order valence-corrected chi connectivity index (χ2v) is 8.83. The molecule has 0 atom stereocenters. The van der Waals surface area contributed by atoms with Crippen LogP contribution in [-0.2, 0) is 21.4 Å². The number of nitrogens with two attached hydrogens (primary N) is 1. The molecule has 0 unspecified atom stereocenters. The lowest BCUT2D eigenvalue weighted by molar-refractivity contribution is -0.128. The Morgan fingerprint density at radius 3 is 2.27 bits per heavy atom. The van der Waals surface area contributed by atoms with Crippen molar-refractivity contribution in [3.05, 3.63) is 83.9 Å². The molecule has 0 heterocycles. The fraction of sp³-hybridized carbons (Fsp3) is 0.174. The number of sulfonamides is 1. The summed E-state index contributed by atoms with van der Waals surface area (Å²) in [7, 11) is -1.92. The summed E-state index contributed by atoms with van der Waals surface area (Å²) in [6, 6.07) is 21.8. The Morgan fingerprint density at radius 1 is 0.967 bits per heavy atom. The van der Waals surface area contributed by atoms with Crippen LogP contribution in [0.25, 0.3) is 11.1 Å². The van der Waals surface area contributed by atoms with E-state index in [2.05, 4.69) is 4.72 Å². The van der Waals surface area contributed by atoms with Gasteiger partial charge in [-0.15, -0.1) is 0 Å². The second kappa shape index (κ2) is 9.11. The molecule has 0 fully saturated rings. The quantitative estimate of drug-likeness (QED) is 0.609. The number of anilines is 1. The molecule has 0 aromatic heterocycles. The molecule has 3 aromatic carbocycles. The van der Waals surface area contributed by atoms with E-state index in [0.717, 1.165) is 22.3 Å². The van der Waals surface area contributed by atoms with E-state index in [-0.39, 0.29) is 17.3 Å². The molecular weight excluding hydrogens is 398 g/mol. The standard InChI is InChI=1S/C23H25N3O3S/c1-17-6-12-22(13-7-17)30(28,29)25-21-10-8-19(9-11-21)20-5-3-4-18(14-20)16-26(2)23(27)15-24/h3-14,25H,15-16,24H2,1-2H3. The van der Waals surface area contributed by atoms with Gasteiger partial charge < -0.3 is 10.6 Å². The number of hydrogen-bond donors (Lipinski definition) is 2. The summed E-state index contributed by atoms with van der Waals surface area (Å²) in [5.41, 5.74) is 9.81. The van der Waals surface area contributed by atoms with Gasteiger partial charge in [0.05, 0.1) is 11.4 Å². The minimum atomic E-state index is -3.64. The first-order valence-corrected chi connectivity index (χ1v) is 11.0. The number of likely N-dealkylation sites (N-methyl/N-ethyl adjacent to an activating group) is 1. The van der Waals surface area contributed by atoms with Gasteiger partial charge in [-0.25, -0.2) is 8.42 Å². The summed E-state index contributed by atoms with van der Waals surface area (Å²) in [5.74, 6) is -0.120. The summed E-state index contributed by atoms with van der Waals surface area (Å²) in [5, 5.41) is 0. The van der Waals surface area contributed by atoms with Crippen LogP contribution in [0.15, 0.2) is 77.7 Å². The van der Waals surface area contributed by atoms with Crippen molar-refractivity contribution in [1.29, 1.82) is 0 Å². The van der Waals surface area contributed by atoms with Crippen molar-refractivity contribution in [2.45, 2.75) is 18.4 Å². The fourth-order valence-corrected chi connectivity index (χ4v) is 4.09. The summed E-state index contributed by atoms with van der Waals surface area (Å²) >= 11 is 0. The van der Waals surface area contributed by atoms with Crippen molar-refractivity contribution in [3.63, 3.8) is 0 Å². The van der Waals surface area contributed by atoms with Crippen LogP contribution in [0.5, 0.6) is 0 Å². The Labute approximate surface area is 177 Å². The third-order valence-electron chi connectivity index (χ3n) is 4.75. The Bertz CT molecular complexity index is 1130. The molecule has 0 aliphatic rings. The van der Waals surface area contributed by atoms with Crippen LogP contribution in [0.2, 0.25) is 0 Å².